The molecular weight excluding hydrogens is 564 g/mol. The zero-order valence-electron chi connectivity index (χ0n) is 23.9. The van der Waals surface area contributed by atoms with Crippen LogP contribution in [0.5, 0.6) is 11.8 Å². The molecule has 0 unspecified atom stereocenters. The summed E-state index contributed by atoms with van der Waals surface area (Å²) in [6.45, 7) is 1.02. The van der Waals surface area contributed by atoms with Crippen molar-refractivity contribution < 1.29 is 22.8 Å². The number of aryl methyl sites for hydroxylation is 1. The quantitative estimate of drug-likeness (QED) is 0.437. The highest BCUT2D eigenvalue weighted by molar-refractivity contribution is 7.16. The first kappa shape index (κ1) is 27.3. The Bertz CT molecular complexity index is 1610. The maximum atomic E-state index is 14.5. The molecule has 2 N–H and O–H groups in total. The van der Waals surface area contributed by atoms with Crippen LogP contribution in [-0.2, 0) is 18.3 Å². The summed E-state index contributed by atoms with van der Waals surface area (Å²) in [6, 6.07) is 2.35. The summed E-state index contributed by atoms with van der Waals surface area (Å²) in [4.78, 5) is 14.1. The molecule has 0 bridgehead atoms. The summed E-state index contributed by atoms with van der Waals surface area (Å²) >= 11 is 1.50. The first-order valence-corrected chi connectivity index (χ1v) is 15.1. The number of alkyl halides is 2. The second-order valence-corrected chi connectivity index (χ2v) is 13.5. The zero-order valence-corrected chi connectivity index (χ0v) is 24.7. The Hall–Kier alpha value is -3.50. The zero-order chi connectivity index (χ0) is 29.4. The number of nitrogens with zero attached hydrogens (tertiary/aromatic N) is 6. The first-order valence-electron chi connectivity index (χ1n) is 14.3. The molecule has 0 saturated heterocycles. The van der Waals surface area contributed by atoms with E-state index in [-0.39, 0.29) is 25.6 Å². The van der Waals surface area contributed by atoms with Crippen LogP contribution in [0, 0.1) is 16.7 Å². The molecule has 4 aliphatic rings. The molecule has 0 radical (unpaired) electrons. The lowest BCUT2D eigenvalue weighted by Gasteiger charge is -2.39. The molecule has 10 nitrogen and oxygen atoms in total. The van der Waals surface area contributed by atoms with E-state index < -0.39 is 16.8 Å². The number of nitrogen functional groups attached to an aromatic ring is 1. The van der Waals surface area contributed by atoms with Crippen LogP contribution in [0.3, 0.4) is 0 Å². The standard InChI is InChI=1S/C29H33F2N7O3S/c1-37(2)14-27(13-29(27,30)31)15-40-26-34-21(22-25(35-26)38(3)10-11-39-22)20-16-6-4-8-28(23(16)41-36-20)9-5-7-18-19(28)17(12-32)24(33)42-18/h4-11,13-15,33H2,1-3H3/t27-,28-/m0/s1. The van der Waals surface area contributed by atoms with Gasteiger partial charge in [-0.25, -0.2) is 8.78 Å². The summed E-state index contributed by atoms with van der Waals surface area (Å²) in [7, 11) is 5.44. The molecule has 1 fully saturated rings. The molecule has 1 aliphatic heterocycles. The van der Waals surface area contributed by atoms with Crippen molar-refractivity contribution >= 4 is 22.2 Å². The second kappa shape index (κ2) is 9.50. The van der Waals surface area contributed by atoms with E-state index in [9.17, 15) is 14.0 Å². The van der Waals surface area contributed by atoms with Crippen LogP contribution >= 0.6 is 11.3 Å². The highest BCUT2D eigenvalue weighted by Crippen LogP contribution is 2.61. The Morgan fingerprint density at radius 1 is 1.19 bits per heavy atom. The normalized spacial score (nSPS) is 25.4. The Kier molecular flexibility index (Phi) is 6.19. The number of thiophene rings is 1. The Labute approximate surface area is 246 Å². The number of hydrogen-bond donors (Lipinski definition) is 1. The predicted octanol–water partition coefficient (Wildman–Crippen LogP) is 4.40. The highest BCUT2D eigenvalue weighted by atomic mass is 32.1. The molecule has 222 valence electrons. The third kappa shape index (κ3) is 3.98. The Morgan fingerprint density at radius 3 is 2.67 bits per heavy atom. The lowest BCUT2D eigenvalue weighted by molar-refractivity contribution is 0.0288. The topological polar surface area (TPSA) is 127 Å². The molecule has 3 aliphatic carbocycles. The van der Waals surface area contributed by atoms with Gasteiger partial charge < -0.3 is 29.5 Å². The van der Waals surface area contributed by atoms with Crippen LogP contribution in [0.1, 0.15) is 59.4 Å². The maximum absolute atomic E-state index is 14.5. The van der Waals surface area contributed by atoms with E-state index in [0.717, 1.165) is 60.3 Å². The third-order valence-electron chi connectivity index (χ3n) is 9.25. The molecule has 1 spiro atoms. The van der Waals surface area contributed by atoms with Crippen LogP contribution in [0.4, 0.5) is 19.6 Å². The monoisotopic (exact) mass is 597 g/mol. The van der Waals surface area contributed by atoms with Crippen molar-refractivity contribution in [2.24, 2.45) is 5.41 Å². The van der Waals surface area contributed by atoms with Gasteiger partial charge >= 0.3 is 6.01 Å². The molecular formula is C29H33F2N7O3S. The fourth-order valence-corrected chi connectivity index (χ4v) is 8.38. The first-order chi connectivity index (χ1) is 20.1. The number of likely N-dealkylation sites (N-methyl/N-ethyl adjacent to an activating group) is 1. The van der Waals surface area contributed by atoms with Crippen LogP contribution < -0.4 is 20.1 Å². The average molecular weight is 598 g/mol. The van der Waals surface area contributed by atoms with Crippen molar-refractivity contribution in [1.29, 1.82) is 5.26 Å². The molecule has 13 heteroatoms. The molecule has 7 rings (SSSR count). The van der Waals surface area contributed by atoms with Crippen LogP contribution in [-0.4, -0.2) is 73.4 Å². The number of rotatable bonds is 6. The number of hydrogen-bond acceptors (Lipinski definition) is 11. The average Bonchev–Trinajstić information content (AvgIpc) is 3.25. The fourth-order valence-electron chi connectivity index (χ4n) is 7.22. The molecule has 1 saturated carbocycles. The lowest BCUT2D eigenvalue weighted by atomic mass is 9.63. The number of fused-ring (bicyclic) bond motifs is 5. The predicted molar refractivity (Wildman–Crippen MR) is 152 cm³/mol. The third-order valence-corrected chi connectivity index (χ3v) is 10.3. The Morgan fingerprint density at radius 2 is 1.95 bits per heavy atom. The van der Waals surface area contributed by atoms with E-state index in [1.807, 2.05) is 11.9 Å². The summed E-state index contributed by atoms with van der Waals surface area (Å²) in [6.07, 6.45) is 4.88. The van der Waals surface area contributed by atoms with Gasteiger partial charge in [-0.3, -0.25) is 0 Å². The summed E-state index contributed by atoms with van der Waals surface area (Å²) in [5.74, 6) is -1.07. The lowest BCUT2D eigenvalue weighted by Crippen LogP contribution is -2.35. The van der Waals surface area contributed by atoms with Gasteiger partial charge in [0, 0.05) is 30.5 Å². The van der Waals surface area contributed by atoms with Gasteiger partial charge in [0.15, 0.2) is 17.3 Å². The highest BCUT2D eigenvalue weighted by Gasteiger charge is 2.71. The summed E-state index contributed by atoms with van der Waals surface area (Å²) in [5.41, 5.74) is 7.96. The maximum Gasteiger partial charge on any atom is 0.319 e. The van der Waals surface area contributed by atoms with Gasteiger partial charge in [-0.05, 0) is 58.2 Å². The van der Waals surface area contributed by atoms with Crippen LogP contribution in [0.2, 0.25) is 0 Å². The SMILES string of the molecule is CN(C)C[C@]1(COc2nc(-c3noc4c3CCC[C@@]43CCCc4sc(N)c(C#N)c43)c3c(n2)N(C)CCO3)CC1(F)F. The number of ether oxygens (including phenoxy) is 2. The van der Waals surface area contributed by atoms with Gasteiger partial charge in [0.25, 0.3) is 5.92 Å². The Balaban J connectivity index is 1.32. The van der Waals surface area contributed by atoms with E-state index in [1.54, 1.807) is 19.0 Å². The minimum atomic E-state index is -2.81. The number of nitriles is 1. The number of nitrogens with two attached hydrogens (primary N) is 1. The van der Waals surface area contributed by atoms with Crippen molar-refractivity contribution in [3.63, 3.8) is 0 Å². The molecule has 0 amide bonds. The van der Waals surface area contributed by atoms with Gasteiger partial charge in [0.1, 0.15) is 35.7 Å². The summed E-state index contributed by atoms with van der Waals surface area (Å²) in [5, 5.41) is 15.1. The van der Waals surface area contributed by atoms with E-state index in [0.29, 0.717) is 46.7 Å². The smallest absolute Gasteiger partial charge is 0.319 e. The van der Waals surface area contributed by atoms with Crippen molar-refractivity contribution in [1.82, 2.24) is 20.0 Å². The second-order valence-electron chi connectivity index (χ2n) is 12.3. The van der Waals surface area contributed by atoms with E-state index >= 15 is 0 Å². The molecule has 2 atom stereocenters. The van der Waals surface area contributed by atoms with Gasteiger partial charge in [-0.1, -0.05) is 5.16 Å². The van der Waals surface area contributed by atoms with Crippen LogP contribution in [0.15, 0.2) is 4.52 Å². The van der Waals surface area contributed by atoms with E-state index in [4.69, 9.17) is 24.7 Å². The number of aromatic nitrogens is 3. The fraction of sp³-hybridized carbons (Fsp3) is 0.586. The van der Waals surface area contributed by atoms with E-state index in [2.05, 4.69) is 16.2 Å². The van der Waals surface area contributed by atoms with Crippen molar-refractivity contribution in [2.45, 2.75) is 56.3 Å². The number of halogens is 2. The molecule has 3 aromatic heterocycles. The van der Waals surface area contributed by atoms with Crippen molar-refractivity contribution in [2.75, 3.05) is 58.1 Å². The summed E-state index contributed by atoms with van der Waals surface area (Å²) < 4.78 is 47.1. The molecule has 0 aromatic carbocycles. The van der Waals surface area contributed by atoms with Gasteiger partial charge in [-0.2, -0.15) is 15.2 Å². The van der Waals surface area contributed by atoms with Gasteiger partial charge in [0.05, 0.1) is 22.9 Å². The minimum absolute atomic E-state index is 0.00142. The largest absolute Gasteiger partial charge is 0.486 e. The van der Waals surface area contributed by atoms with Gasteiger partial charge in [0.2, 0.25) is 0 Å². The van der Waals surface area contributed by atoms with Crippen molar-refractivity contribution in [3.8, 4) is 29.2 Å². The van der Waals surface area contributed by atoms with Crippen molar-refractivity contribution in [3.05, 3.63) is 27.3 Å². The van der Waals surface area contributed by atoms with E-state index in [1.165, 1.54) is 11.3 Å². The van der Waals surface area contributed by atoms with Gasteiger partial charge in [-0.15, -0.1) is 11.3 Å². The number of anilines is 2. The molecule has 42 heavy (non-hydrogen) atoms. The molecule has 3 aromatic rings. The minimum Gasteiger partial charge on any atom is -0.486 e. The van der Waals surface area contributed by atoms with Crippen LogP contribution in [0.25, 0.3) is 11.4 Å². The molecule has 4 heterocycles.